The first-order valence-corrected chi connectivity index (χ1v) is 14.3. The number of ether oxygens (including phenoxy) is 1. The van der Waals surface area contributed by atoms with E-state index in [9.17, 15) is 18.0 Å². The third kappa shape index (κ3) is 6.77. The molecule has 222 valence electrons. The number of alkyl halides is 3. The molecule has 0 bridgehead atoms. The second kappa shape index (κ2) is 12.4. The predicted molar refractivity (Wildman–Crippen MR) is 158 cm³/mol. The summed E-state index contributed by atoms with van der Waals surface area (Å²) in [6, 6.07) is 17.3. The molecular formula is C30H26F4N6O2S. The number of nitrogens with zero attached hydrogens (tertiary/aromatic N) is 6. The summed E-state index contributed by atoms with van der Waals surface area (Å²) in [6.07, 6.45) is -3.05. The Bertz CT molecular complexity index is 1700. The number of aromatic nitrogens is 3. The van der Waals surface area contributed by atoms with Crippen LogP contribution in [-0.4, -0.2) is 44.2 Å². The van der Waals surface area contributed by atoms with Crippen LogP contribution in [0.2, 0.25) is 0 Å². The lowest BCUT2D eigenvalue weighted by Crippen LogP contribution is -2.30. The molecule has 4 aromatic rings. The first kappa shape index (κ1) is 30.0. The Labute approximate surface area is 249 Å². The Balaban J connectivity index is 1.36. The first-order chi connectivity index (χ1) is 20.5. The van der Waals surface area contributed by atoms with Gasteiger partial charge in [0.25, 0.3) is 0 Å². The van der Waals surface area contributed by atoms with Gasteiger partial charge >= 0.3 is 6.36 Å². The van der Waals surface area contributed by atoms with Gasteiger partial charge in [-0.25, -0.2) is 14.1 Å². The molecule has 1 aliphatic heterocycles. The van der Waals surface area contributed by atoms with Crippen molar-refractivity contribution in [1.29, 1.82) is 0 Å². The maximum absolute atomic E-state index is 15.1. The topological polar surface area (TPSA) is 85.0 Å². The lowest BCUT2D eigenvalue weighted by atomic mass is 10.0. The molecule has 1 aliphatic rings. The summed E-state index contributed by atoms with van der Waals surface area (Å²) >= 11 is 1.26. The standard InChI is InChI=1S/C30H26F4N6O2S/c1-4-26-36-28(38-40(26)21-11-13-22(14-12-21)42-30(32,33)34)19-9-10-20(24(31)15-19)16-35-37-29-39(27(41)17-43-29)25-8-6-5-7-23(25)18(2)3/h5-16,18H,4,17H2,1-3H3. The summed E-state index contributed by atoms with van der Waals surface area (Å²) in [6.45, 7) is 5.95. The van der Waals surface area contributed by atoms with Crippen molar-refractivity contribution in [3.63, 3.8) is 0 Å². The van der Waals surface area contributed by atoms with Crippen LogP contribution in [0.4, 0.5) is 23.2 Å². The molecule has 0 aliphatic carbocycles. The molecule has 1 aromatic heterocycles. The van der Waals surface area contributed by atoms with Gasteiger partial charge in [0.05, 0.1) is 23.3 Å². The summed E-state index contributed by atoms with van der Waals surface area (Å²) in [4.78, 5) is 18.7. The van der Waals surface area contributed by atoms with Crippen molar-refractivity contribution < 1.29 is 27.1 Å². The van der Waals surface area contributed by atoms with Crippen LogP contribution in [-0.2, 0) is 11.2 Å². The molecule has 1 saturated heterocycles. The summed E-state index contributed by atoms with van der Waals surface area (Å²) in [5.41, 5.74) is 2.81. The molecular weight excluding hydrogens is 584 g/mol. The highest BCUT2D eigenvalue weighted by Crippen LogP contribution is 2.33. The molecule has 0 radical (unpaired) electrons. The van der Waals surface area contributed by atoms with Gasteiger partial charge in [-0.2, -0.15) is 5.10 Å². The molecule has 0 atom stereocenters. The van der Waals surface area contributed by atoms with Crippen molar-refractivity contribution in [2.24, 2.45) is 10.2 Å². The van der Waals surface area contributed by atoms with Gasteiger partial charge in [-0.3, -0.25) is 9.69 Å². The summed E-state index contributed by atoms with van der Waals surface area (Å²) in [5.74, 6) is 0.163. The van der Waals surface area contributed by atoms with Gasteiger partial charge in [0.15, 0.2) is 11.0 Å². The van der Waals surface area contributed by atoms with Crippen LogP contribution in [0.25, 0.3) is 17.1 Å². The molecule has 1 amide bonds. The minimum absolute atomic E-state index is 0.105. The quantitative estimate of drug-likeness (QED) is 0.120. The van der Waals surface area contributed by atoms with Crippen molar-refractivity contribution >= 4 is 34.7 Å². The Kier molecular flexibility index (Phi) is 8.62. The van der Waals surface area contributed by atoms with E-state index in [4.69, 9.17) is 0 Å². The Morgan fingerprint density at radius 3 is 2.51 bits per heavy atom. The molecule has 0 spiro atoms. The van der Waals surface area contributed by atoms with E-state index in [1.807, 2.05) is 45.0 Å². The lowest BCUT2D eigenvalue weighted by molar-refractivity contribution is -0.274. The van der Waals surface area contributed by atoms with Crippen molar-refractivity contribution in [3.8, 4) is 22.8 Å². The third-order valence-corrected chi connectivity index (χ3v) is 7.38. The SMILES string of the molecule is CCc1nc(-c2ccc(C=NN=C3SCC(=O)N3c3ccccc3C(C)C)c(F)c2)nn1-c1ccc(OC(F)(F)F)cc1. The van der Waals surface area contributed by atoms with Gasteiger partial charge in [-0.15, -0.1) is 23.4 Å². The highest BCUT2D eigenvalue weighted by atomic mass is 32.2. The van der Waals surface area contributed by atoms with E-state index in [1.54, 1.807) is 11.0 Å². The molecule has 43 heavy (non-hydrogen) atoms. The number of halogens is 4. The number of para-hydroxylation sites is 1. The second-order valence-corrected chi connectivity index (χ2v) is 10.7. The molecule has 8 nitrogen and oxygen atoms in total. The van der Waals surface area contributed by atoms with Gasteiger partial charge in [-0.1, -0.05) is 56.8 Å². The lowest BCUT2D eigenvalue weighted by Gasteiger charge is -2.20. The third-order valence-electron chi connectivity index (χ3n) is 6.47. The Morgan fingerprint density at radius 1 is 1.09 bits per heavy atom. The number of amides is 1. The molecule has 5 rings (SSSR count). The Hall–Kier alpha value is -4.52. The first-order valence-electron chi connectivity index (χ1n) is 13.3. The number of carbonyl (C=O) groups excluding carboxylic acids is 1. The van der Waals surface area contributed by atoms with Gasteiger partial charge in [-0.05, 0) is 53.9 Å². The van der Waals surface area contributed by atoms with Gasteiger partial charge in [0.1, 0.15) is 17.4 Å². The molecule has 2 heterocycles. The molecule has 0 unspecified atom stereocenters. The van der Waals surface area contributed by atoms with E-state index in [0.717, 1.165) is 11.3 Å². The average Bonchev–Trinajstić information content (AvgIpc) is 3.57. The zero-order valence-electron chi connectivity index (χ0n) is 23.3. The largest absolute Gasteiger partial charge is 0.573 e. The smallest absolute Gasteiger partial charge is 0.406 e. The number of hydrogen-bond acceptors (Lipinski definition) is 7. The molecule has 0 saturated carbocycles. The summed E-state index contributed by atoms with van der Waals surface area (Å²) in [5, 5.41) is 13.1. The zero-order chi connectivity index (χ0) is 30.7. The van der Waals surface area contributed by atoms with Crippen LogP contribution >= 0.6 is 11.8 Å². The van der Waals surface area contributed by atoms with E-state index in [0.29, 0.717) is 28.7 Å². The van der Waals surface area contributed by atoms with Crippen molar-refractivity contribution in [3.05, 3.63) is 89.5 Å². The number of thioether (sulfide) groups is 1. The summed E-state index contributed by atoms with van der Waals surface area (Å²) in [7, 11) is 0. The van der Waals surface area contributed by atoms with Gasteiger partial charge in [0, 0.05) is 17.5 Å². The van der Waals surface area contributed by atoms with E-state index >= 15 is 4.39 Å². The zero-order valence-corrected chi connectivity index (χ0v) is 24.2. The van der Waals surface area contributed by atoms with Gasteiger partial charge in [0.2, 0.25) is 5.91 Å². The molecule has 1 fully saturated rings. The van der Waals surface area contributed by atoms with Crippen LogP contribution in [0, 0.1) is 5.82 Å². The van der Waals surface area contributed by atoms with E-state index in [-0.39, 0.29) is 34.7 Å². The van der Waals surface area contributed by atoms with Crippen molar-refractivity contribution in [2.45, 2.75) is 39.5 Å². The maximum atomic E-state index is 15.1. The fourth-order valence-electron chi connectivity index (χ4n) is 4.46. The number of benzene rings is 3. The van der Waals surface area contributed by atoms with Crippen molar-refractivity contribution in [1.82, 2.24) is 14.8 Å². The molecule has 0 N–H and O–H groups in total. The number of carbonyl (C=O) groups is 1. The minimum Gasteiger partial charge on any atom is -0.406 e. The monoisotopic (exact) mass is 610 g/mol. The van der Waals surface area contributed by atoms with Crippen molar-refractivity contribution in [2.75, 3.05) is 10.7 Å². The molecule has 3 aromatic carbocycles. The van der Waals surface area contributed by atoms with Crippen LogP contribution in [0.15, 0.2) is 76.9 Å². The highest BCUT2D eigenvalue weighted by molar-refractivity contribution is 8.15. The maximum Gasteiger partial charge on any atom is 0.573 e. The van der Waals surface area contributed by atoms with Crippen LogP contribution < -0.4 is 9.64 Å². The number of amidine groups is 1. The predicted octanol–water partition coefficient (Wildman–Crippen LogP) is 7.13. The fraction of sp³-hybridized carbons (Fsp3) is 0.233. The summed E-state index contributed by atoms with van der Waals surface area (Å²) < 4.78 is 58.0. The van der Waals surface area contributed by atoms with Crippen LogP contribution in [0.3, 0.4) is 0 Å². The van der Waals surface area contributed by atoms with Crippen LogP contribution in [0.1, 0.15) is 43.6 Å². The van der Waals surface area contributed by atoms with E-state index in [1.165, 1.54) is 59.1 Å². The normalized spacial score (nSPS) is 14.9. The highest BCUT2D eigenvalue weighted by Gasteiger charge is 2.32. The minimum atomic E-state index is -4.79. The van der Waals surface area contributed by atoms with E-state index < -0.39 is 12.2 Å². The van der Waals surface area contributed by atoms with Crippen LogP contribution in [0.5, 0.6) is 5.75 Å². The molecule has 13 heteroatoms. The van der Waals surface area contributed by atoms with E-state index in [2.05, 4.69) is 25.0 Å². The Morgan fingerprint density at radius 2 is 1.84 bits per heavy atom. The number of rotatable bonds is 8. The second-order valence-electron chi connectivity index (χ2n) is 9.75. The average molecular weight is 611 g/mol. The van der Waals surface area contributed by atoms with Gasteiger partial charge < -0.3 is 4.74 Å². The number of hydrogen-bond donors (Lipinski definition) is 0. The fourth-order valence-corrected chi connectivity index (χ4v) is 5.27. The number of aryl methyl sites for hydroxylation is 1. The number of anilines is 1.